The molecule has 0 amide bonds. The number of aryl methyl sites for hydroxylation is 2. The molecule has 1 saturated heterocycles. The summed E-state index contributed by atoms with van der Waals surface area (Å²) in [4.78, 5) is 14.3. The van der Waals surface area contributed by atoms with Crippen molar-refractivity contribution in [3.8, 4) is 0 Å². The third-order valence-corrected chi connectivity index (χ3v) is 6.25. The Bertz CT molecular complexity index is 646. The van der Waals surface area contributed by atoms with Gasteiger partial charge in [0.2, 0.25) is 5.95 Å². The fourth-order valence-electron chi connectivity index (χ4n) is 3.08. The number of nitrogens with two attached hydrogens (primary N) is 1. The number of rotatable bonds is 1. The lowest BCUT2D eigenvalue weighted by molar-refractivity contribution is 0.700. The van der Waals surface area contributed by atoms with Gasteiger partial charge in [-0.05, 0) is 31.2 Å². The van der Waals surface area contributed by atoms with E-state index in [0.29, 0.717) is 5.82 Å². The summed E-state index contributed by atoms with van der Waals surface area (Å²) in [6.07, 6.45) is 4.89. The maximum absolute atomic E-state index is 6.26. The summed E-state index contributed by atoms with van der Waals surface area (Å²) in [5.41, 5.74) is 7.68. The largest absolute Gasteiger partial charge is 0.383 e. The van der Waals surface area contributed by atoms with E-state index >= 15 is 0 Å². The highest BCUT2D eigenvalue weighted by Gasteiger charge is 2.22. The second-order valence-corrected chi connectivity index (χ2v) is 7.71. The van der Waals surface area contributed by atoms with Crippen LogP contribution in [0.5, 0.6) is 0 Å². The molecule has 0 bridgehead atoms. The quantitative estimate of drug-likeness (QED) is 0.878. The average Bonchev–Trinajstić information content (AvgIpc) is 2.87. The highest BCUT2D eigenvalue weighted by Crippen LogP contribution is 2.38. The maximum atomic E-state index is 6.26. The number of nitrogens with zero attached hydrogens (tertiary/aromatic N) is 3. The fraction of sp³-hybridized carbons (Fsp3) is 0.571. The van der Waals surface area contributed by atoms with Crippen LogP contribution in [0.1, 0.15) is 23.3 Å². The number of aromatic nitrogens is 2. The van der Waals surface area contributed by atoms with E-state index in [1.54, 1.807) is 0 Å². The summed E-state index contributed by atoms with van der Waals surface area (Å²) in [6, 6.07) is 0. The number of anilines is 2. The van der Waals surface area contributed by atoms with Crippen LogP contribution in [-0.2, 0) is 12.8 Å². The van der Waals surface area contributed by atoms with Gasteiger partial charge in [0.05, 0.1) is 5.39 Å². The van der Waals surface area contributed by atoms with E-state index in [-0.39, 0.29) is 0 Å². The van der Waals surface area contributed by atoms with Crippen molar-refractivity contribution < 1.29 is 0 Å². The Balaban J connectivity index is 1.81. The van der Waals surface area contributed by atoms with Crippen LogP contribution in [0.15, 0.2) is 0 Å². The van der Waals surface area contributed by atoms with Crippen LogP contribution in [0.2, 0.25) is 0 Å². The number of hydrogen-bond donors (Lipinski definition) is 1. The van der Waals surface area contributed by atoms with Crippen molar-refractivity contribution in [1.82, 2.24) is 9.97 Å². The molecule has 4 nitrogen and oxygen atoms in total. The highest BCUT2D eigenvalue weighted by molar-refractivity contribution is 7.99. The molecule has 1 fully saturated rings. The van der Waals surface area contributed by atoms with Gasteiger partial charge in [0, 0.05) is 29.5 Å². The summed E-state index contributed by atoms with van der Waals surface area (Å²) < 4.78 is 0. The first kappa shape index (κ1) is 12.7. The van der Waals surface area contributed by atoms with Crippen LogP contribution in [-0.4, -0.2) is 34.6 Å². The third kappa shape index (κ3) is 2.05. The molecule has 2 aromatic rings. The van der Waals surface area contributed by atoms with Gasteiger partial charge < -0.3 is 10.6 Å². The zero-order valence-electron chi connectivity index (χ0n) is 11.4. The Hall–Kier alpha value is -1.01. The van der Waals surface area contributed by atoms with Crippen LogP contribution in [0.4, 0.5) is 11.8 Å². The predicted molar refractivity (Wildman–Crippen MR) is 88.0 cm³/mol. The number of hydrogen-bond acceptors (Lipinski definition) is 6. The molecule has 0 atom stereocenters. The van der Waals surface area contributed by atoms with E-state index in [1.807, 2.05) is 23.1 Å². The molecular weight excluding hydrogens is 288 g/mol. The summed E-state index contributed by atoms with van der Waals surface area (Å²) in [5.74, 6) is 3.82. The second-order valence-electron chi connectivity index (χ2n) is 5.40. The van der Waals surface area contributed by atoms with Crippen molar-refractivity contribution in [3.05, 3.63) is 10.4 Å². The van der Waals surface area contributed by atoms with Crippen LogP contribution in [0.25, 0.3) is 10.2 Å². The minimum Gasteiger partial charge on any atom is -0.383 e. The summed E-state index contributed by atoms with van der Waals surface area (Å²) >= 11 is 3.83. The molecule has 6 heteroatoms. The topological polar surface area (TPSA) is 55.0 Å². The summed E-state index contributed by atoms with van der Waals surface area (Å²) in [6.45, 7) is 2.06. The fourth-order valence-corrected chi connectivity index (χ4v) is 5.25. The molecule has 0 aromatic carbocycles. The zero-order chi connectivity index (χ0) is 13.5. The molecule has 1 aliphatic carbocycles. The molecule has 2 N–H and O–H groups in total. The highest BCUT2D eigenvalue weighted by atomic mass is 32.2. The maximum Gasteiger partial charge on any atom is 0.228 e. The first-order valence-corrected chi connectivity index (χ1v) is 9.20. The van der Waals surface area contributed by atoms with Crippen molar-refractivity contribution >= 4 is 45.1 Å². The molecule has 0 unspecified atom stereocenters. The third-order valence-electron chi connectivity index (χ3n) is 4.12. The normalized spacial score (nSPS) is 19.3. The molecule has 2 aromatic heterocycles. The molecule has 1 aliphatic heterocycles. The van der Waals surface area contributed by atoms with Crippen LogP contribution in [0.3, 0.4) is 0 Å². The Kier molecular flexibility index (Phi) is 3.22. The predicted octanol–water partition coefficient (Wildman–Crippen LogP) is 2.71. The van der Waals surface area contributed by atoms with Gasteiger partial charge in [-0.15, -0.1) is 11.3 Å². The first-order chi connectivity index (χ1) is 9.83. The molecule has 0 saturated carbocycles. The van der Waals surface area contributed by atoms with E-state index in [2.05, 4.69) is 9.88 Å². The SMILES string of the molecule is Nc1nc(N2CCSCC2)nc2sc3c(c12)CCCC3. The number of thioether (sulfide) groups is 1. The monoisotopic (exact) mass is 306 g/mol. The van der Waals surface area contributed by atoms with Gasteiger partial charge in [0.1, 0.15) is 10.6 Å². The smallest absolute Gasteiger partial charge is 0.228 e. The lowest BCUT2D eigenvalue weighted by Gasteiger charge is -2.26. The molecule has 3 heterocycles. The van der Waals surface area contributed by atoms with Gasteiger partial charge in [-0.25, -0.2) is 4.98 Å². The Morgan fingerprint density at radius 3 is 2.70 bits per heavy atom. The molecule has 0 radical (unpaired) electrons. The van der Waals surface area contributed by atoms with Crippen LogP contribution < -0.4 is 10.6 Å². The van der Waals surface area contributed by atoms with E-state index in [0.717, 1.165) is 47.2 Å². The summed E-state index contributed by atoms with van der Waals surface area (Å²) in [7, 11) is 0. The second kappa shape index (κ2) is 5.07. The van der Waals surface area contributed by atoms with Gasteiger partial charge in [0.15, 0.2) is 0 Å². The molecule has 2 aliphatic rings. The molecule has 106 valence electrons. The van der Waals surface area contributed by atoms with Crippen molar-refractivity contribution in [3.63, 3.8) is 0 Å². The minimum absolute atomic E-state index is 0.683. The number of thiophene rings is 1. The number of fused-ring (bicyclic) bond motifs is 3. The Morgan fingerprint density at radius 2 is 1.85 bits per heavy atom. The first-order valence-electron chi connectivity index (χ1n) is 7.23. The van der Waals surface area contributed by atoms with Crippen molar-refractivity contribution in [2.24, 2.45) is 0 Å². The van der Waals surface area contributed by atoms with Crippen molar-refractivity contribution in [2.45, 2.75) is 25.7 Å². The molecular formula is C14H18N4S2. The Labute approximate surface area is 126 Å². The Morgan fingerprint density at radius 1 is 1.05 bits per heavy atom. The van der Waals surface area contributed by atoms with Crippen molar-refractivity contribution in [2.75, 3.05) is 35.2 Å². The lowest BCUT2D eigenvalue weighted by atomic mass is 9.97. The molecule has 0 spiro atoms. The van der Waals surface area contributed by atoms with Gasteiger partial charge in [-0.3, -0.25) is 0 Å². The van der Waals surface area contributed by atoms with E-state index < -0.39 is 0 Å². The average molecular weight is 306 g/mol. The molecule has 4 rings (SSSR count). The number of nitrogen functional groups attached to an aromatic ring is 1. The van der Waals surface area contributed by atoms with Crippen molar-refractivity contribution in [1.29, 1.82) is 0 Å². The van der Waals surface area contributed by atoms with E-state index in [1.165, 1.54) is 29.7 Å². The minimum atomic E-state index is 0.683. The summed E-state index contributed by atoms with van der Waals surface area (Å²) in [5, 5.41) is 1.14. The van der Waals surface area contributed by atoms with E-state index in [9.17, 15) is 0 Å². The standard InChI is InChI=1S/C14H18N4S2/c15-12-11-9-3-1-2-4-10(9)20-13(11)17-14(16-12)18-5-7-19-8-6-18/h1-8H2,(H2,15,16,17). The van der Waals surface area contributed by atoms with Gasteiger partial charge in [-0.1, -0.05) is 0 Å². The van der Waals surface area contributed by atoms with E-state index in [4.69, 9.17) is 10.7 Å². The molecule has 20 heavy (non-hydrogen) atoms. The van der Waals surface area contributed by atoms with Crippen LogP contribution >= 0.6 is 23.1 Å². The lowest BCUT2D eigenvalue weighted by Crippen LogP contribution is -2.33. The van der Waals surface area contributed by atoms with Gasteiger partial charge in [-0.2, -0.15) is 16.7 Å². The van der Waals surface area contributed by atoms with Gasteiger partial charge in [0.25, 0.3) is 0 Å². The zero-order valence-corrected chi connectivity index (χ0v) is 13.0. The van der Waals surface area contributed by atoms with Gasteiger partial charge >= 0.3 is 0 Å². The van der Waals surface area contributed by atoms with Crippen LogP contribution in [0, 0.1) is 0 Å².